The van der Waals surface area contributed by atoms with E-state index in [1.54, 1.807) is 0 Å². The van der Waals surface area contributed by atoms with E-state index in [2.05, 4.69) is 6.92 Å². The van der Waals surface area contributed by atoms with Crippen LogP contribution in [-0.2, 0) is 0 Å². The van der Waals surface area contributed by atoms with E-state index in [4.69, 9.17) is 5.73 Å². The van der Waals surface area contributed by atoms with Crippen LogP contribution in [0, 0.1) is 5.92 Å². The zero-order chi connectivity index (χ0) is 5.98. The smallest absolute Gasteiger partial charge is 0.00670 e. The van der Waals surface area contributed by atoms with Crippen LogP contribution in [0.4, 0.5) is 0 Å². The second-order valence-corrected chi connectivity index (χ2v) is 2.76. The zero-order valence-electron chi connectivity index (χ0n) is 5.56. The Morgan fingerprint density at radius 1 is 1.50 bits per heavy atom. The molecule has 1 fully saturated rings. The quantitative estimate of drug-likeness (QED) is 0.548. The number of rotatable bonds is 1. The Balaban J connectivity index is 2.30. The van der Waals surface area contributed by atoms with Crippen molar-refractivity contribution in [2.45, 2.75) is 38.6 Å². The van der Waals surface area contributed by atoms with E-state index in [1.807, 2.05) is 0 Å². The number of hydrogen-bond donors (Lipinski definition) is 1. The first-order valence-electron chi connectivity index (χ1n) is 3.60. The summed E-state index contributed by atoms with van der Waals surface area (Å²) in [6, 6.07) is 0.528. The van der Waals surface area contributed by atoms with Crippen molar-refractivity contribution in [2.24, 2.45) is 11.7 Å². The van der Waals surface area contributed by atoms with Gasteiger partial charge in [0.2, 0.25) is 0 Å². The predicted octanol–water partition coefficient (Wildman–Crippen LogP) is 1.52. The second kappa shape index (κ2) is 2.49. The maximum atomic E-state index is 5.79. The average molecular weight is 113 g/mol. The van der Waals surface area contributed by atoms with Gasteiger partial charge in [-0.15, -0.1) is 0 Å². The van der Waals surface area contributed by atoms with Gasteiger partial charge in [-0.05, 0) is 18.8 Å². The van der Waals surface area contributed by atoms with Crippen LogP contribution in [0.5, 0.6) is 0 Å². The van der Waals surface area contributed by atoms with Gasteiger partial charge in [-0.3, -0.25) is 0 Å². The fourth-order valence-electron chi connectivity index (χ4n) is 1.57. The summed E-state index contributed by atoms with van der Waals surface area (Å²) in [5, 5.41) is 0. The highest BCUT2D eigenvalue weighted by molar-refractivity contribution is 4.78. The van der Waals surface area contributed by atoms with E-state index in [0.29, 0.717) is 6.04 Å². The van der Waals surface area contributed by atoms with E-state index >= 15 is 0 Å². The van der Waals surface area contributed by atoms with Crippen LogP contribution in [0.1, 0.15) is 32.6 Å². The molecule has 0 aliphatic heterocycles. The molecule has 8 heavy (non-hydrogen) atoms. The van der Waals surface area contributed by atoms with Gasteiger partial charge in [0.05, 0.1) is 0 Å². The van der Waals surface area contributed by atoms with Crippen molar-refractivity contribution in [2.75, 3.05) is 0 Å². The van der Waals surface area contributed by atoms with Gasteiger partial charge < -0.3 is 5.73 Å². The standard InChI is InChI=1S/C7H15N/c1-2-6-4-3-5-7(6)8/h6-7H,2-5,8H2,1H3/t6-,7-/m0/s1. The van der Waals surface area contributed by atoms with Crippen LogP contribution in [-0.4, -0.2) is 6.04 Å². The second-order valence-electron chi connectivity index (χ2n) is 2.76. The van der Waals surface area contributed by atoms with Crippen molar-refractivity contribution in [1.29, 1.82) is 0 Å². The lowest BCUT2D eigenvalue weighted by Crippen LogP contribution is -2.23. The number of nitrogens with two attached hydrogens (primary N) is 1. The summed E-state index contributed by atoms with van der Waals surface area (Å²) >= 11 is 0. The minimum absolute atomic E-state index is 0.528. The molecule has 1 saturated carbocycles. The first-order valence-corrected chi connectivity index (χ1v) is 3.60. The molecule has 2 atom stereocenters. The van der Waals surface area contributed by atoms with Gasteiger partial charge in [0.1, 0.15) is 0 Å². The molecule has 0 unspecified atom stereocenters. The van der Waals surface area contributed by atoms with Gasteiger partial charge in [0, 0.05) is 6.04 Å². The third kappa shape index (κ3) is 1.03. The van der Waals surface area contributed by atoms with Crippen molar-refractivity contribution >= 4 is 0 Å². The van der Waals surface area contributed by atoms with Gasteiger partial charge in [0.25, 0.3) is 0 Å². The summed E-state index contributed by atoms with van der Waals surface area (Å²) < 4.78 is 0. The summed E-state index contributed by atoms with van der Waals surface area (Å²) in [5.41, 5.74) is 5.79. The molecular weight excluding hydrogens is 98.1 g/mol. The van der Waals surface area contributed by atoms with Crippen molar-refractivity contribution in [3.8, 4) is 0 Å². The first kappa shape index (κ1) is 6.09. The summed E-state index contributed by atoms with van der Waals surface area (Å²) in [5.74, 6) is 0.843. The maximum absolute atomic E-state index is 5.79. The van der Waals surface area contributed by atoms with Crippen molar-refractivity contribution in [1.82, 2.24) is 0 Å². The molecule has 1 nitrogen and oxygen atoms in total. The van der Waals surface area contributed by atoms with Gasteiger partial charge in [-0.25, -0.2) is 0 Å². The topological polar surface area (TPSA) is 26.0 Å². The first-order chi connectivity index (χ1) is 3.84. The SMILES string of the molecule is CC[C@H]1CCC[C@@H]1N. The Bertz CT molecular complexity index is 70.8. The normalized spacial score (nSPS) is 38.2. The summed E-state index contributed by atoms with van der Waals surface area (Å²) in [6.07, 6.45) is 5.27. The third-order valence-electron chi connectivity index (χ3n) is 2.24. The van der Waals surface area contributed by atoms with Crippen molar-refractivity contribution in [3.63, 3.8) is 0 Å². The minimum Gasteiger partial charge on any atom is -0.327 e. The van der Waals surface area contributed by atoms with E-state index in [1.165, 1.54) is 25.7 Å². The summed E-state index contributed by atoms with van der Waals surface area (Å²) in [4.78, 5) is 0. The molecule has 1 aliphatic carbocycles. The fraction of sp³-hybridized carbons (Fsp3) is 1.00. The fourth-order valence-corrected chi connectivity index (χ4v) is 1.57. The molecule has 0 heterocycles. The van der Waals surface area contributed by atoms with Gasteiger partial charge in [-0.2, -0.15) is 0 Å². The summed E-state index contributed by atoms with van der Waals surface area (Å²) in [7, 11) is 0. The maximum Gasteiger partial charge on any atom is 0.00670 e. The highest BCUT2D eigenvalue weighted by Crippen LogP contribution is 2.25. The van der Waals surface area contributed by atoms with Crippen LogP contribution in [0.2, 0.25) is 0 Å². The zero-order valence-corrected chi connectivity index (χ0v) is 5.56. The summed E-state index contributed by atoms with van der Waals surface area (Å²) in [6.45, 7) is 2.23. The van der Waals surface area contributed by atoms with E-state index in [-0.39, 0.29) is 0 Å². The monoisotopic (exact) mass is 113 g/mol. The largest absolute Gasteiger partial charge is 0.327 e. The van der Waals surface area contributed by atoms with Crippen molar-refractivity contribution in [3.05, 3.63) is 0 Å². The molecule has 1 rings (SSSR count). The van der Waals surface area contributed by atoms with Crippen molar-refractivity contribution < 1.29 is 0 Å². The lowest BCUT2D eigenvalue weighted by Gasteiger charge is -2.10. The lowest BCUT2D eigenvalue weighted by molar-refractivity contribution is 0.467. The minimum atomic E-state index is 0.528. The number of hydrogen-bond acceptors (Lipinski definition) is 1. The average Bonchev–Trinajstić information content (AvgIpc) is 2.14. The molecule has 0 saturated heterocycles. The molecular formula is C7H15N. The molecule has 0 radical (unpaired) electrons. The molecule has 0 amide bonds. The lowest BCUT2D eigenvalue weighted by atomic mass is 10.0. The van der Waals surface area contributed by atoms with Gasteiger partial charge in [0.15, 0.2) is 0 Å². The Hall–Kier alpha value is -0.0400. The van der Waals surface area contributed by atoms with Crippen LogP contribution >= 0.6 is 0 Å². The molecule has 0 aromatic heterocycles. The molecule has 0 aromatic rings. The van der Waals surface area contributed by atoms with Crippen LogP contribution in [0.3, 0.4) is 0 Å². The Kier molecular flexibility index (Phi) is 1.90. The third-order valence-corrected chi connectivity index (χ3v) is 2.24. The van der Waals surface area contributed by atoms with E-state index < -0.39 is 0 Å². The van der Waals surface area contributed by atoms with Crippen LogP contribution in [0.25, 0.3) is 0 Å². The highest BCUT2D eigenvalue weighted by Gasteiger charge is 2.21. The molecule has 0 bridgehead atoms. The van der Waals surface area contributed by atoms with E-state index in [0.717, 1.165) is 5.92 Å². The van der Waals surface area contributed by atoms with Gasteiger partial charge in [-0.1, -0.05) is 19.8 Å². The van der Waals surface area contributed by atoms with E-state index in [9.17, 15) is 0 Å². The molecule has 2 N–H and O–H groups in total. The predicted molar refractivity (Wildman–Crippen MR) is 35.6 cm³/mol. The molecule has 48 valence electrons. The molecule has 0 spiro atoms. The molecule has 1 heteroatoms. The van der Waals surface area contributed by atoms with Gasteiger partial charge >= 0.3 is 0 Å². The Morgan fingerprint density at radius 2 is 2.25 bits per heavy atom. The van der Waals surface area contributed by atoms with Crippen LogP contribution < -0.4 is 5.73 Å². The Morgan fingerprint density at radius 3 is 2.50 bits per heavy atom. The highest BCUT2D eigenvalue weighted by atomic mass is 14.7. The Labute approximate surface area is 51.3 Å². The van der Waals surface area contributed by atoms with Crippen LogP contribution in [0.15, 0.2) is 0 Å². The molecule has 1 aliphatic rings. The molecule has 0 aromatic carbocycles.